The smallest absolute Gasteiger partial charge is 0.0945 e. The first kappa shape index (κ1) is 14.6. The largest absolute Gasteiger partial charge is 0.377 e. The van der Waals surface area contributed by atoms with Crippen molar-refractivity contribution in [3.63, 3.8) is 0 Å². The van der Waals surface area contributed by atoms with Gasteiger partial charge < -0.3 is 10.1 Å². The van der Waals surface area contributed by atoms with E-state index in [-0.39, 0.29) is 0 Å². The zero-order valence-corrected chi connectivity index (χ0v) is 13.4. The Morgan fingerprint density at radius 3 is 2.59 bits per heavy atom. The fourth-order valence-corrected chi connectivity index (χ4v) is 4.86. The molecule has 1 aliphatic heterocycles. The maximum Gasteiger partial charge on any atom is 0.0945 e. The van der Waals surface area contributed by atoms with E-state index < -0.39 is 0 Å². The predicted octanol–water partition coefficient (Wildman–Crippen LogP) is 2.70. The van der Waals surface area contributed by atoms with E-state index in [4.69, 9.17) is 4.74 Å². The Labute approximate surface area is 132 Å². The number of nitrogens with zero attached hydrogens (tertiary/aromatic N) is 3. The average molecular weight is 304 g/mol. The van der Waals surface area contributed by atoms with Crippen LogP contribution >= 0.6 is 0 Å². The lowest BCUT2D eigenvalue weighted by molar-refractivity contribution is 0.101. The van der Waals surface area contributed by atoms with Crippen LogP contribution in [0.4, 0.5) is 0 Å². The molecular weight excluding hydrogens is 276 g/mol. The number of rotatable bonds is 3. The summed E-state index contributed by atoms with van der Waals surface area (Å²) < 4.78 is 7.65. The monoisotopic (exact) mass is 304 g/mol. The SMILES string of the molecule is c1cn([C@@H]2COC[C@@H]2NC2CCC3(CCCCC3)CC2)nn1. The first-order valence-electron chi connectivity index (χ1n) is 9.04. The van der Waals surface area contributed by atoms with Crippen molar-refractivity contribution in [1.29, 1.82) is 0 Å². The van der Waals surface area contributed by atoms with Crippen LogP contribution in [-0.4, -0.2) is 40.3 Å². The van der Waals surface area contributed by atoms with Gasteiger partial charge in [0.1, 0.15) is 0 Å². The normalized spacial score (nSPS) is 32.5. The molecule has 2 atom stereocenters. The van der Waals surface area contributed by atoms with Crippen LogP contribution in [0.15, 0.2) is 12.4 Å². The van der Waals surface area contributed by atoms with Gasteiger partial charge in [0.2, 0.25) is 0 Å². The van der Waals surface area contributed by atoms with E-state index in [2.05, 4.69) is 15.6 Å². The minimum atomic E-state index is 0.299. The van der Waals surface area contributed by atoms with Gasteiger partial charge in [-0.25, -0.2) is 4.68 Å². The van der Waals surface area contributed by atoms with Gasteiger partial charge in [0.25, 0.3) is 0 Å². The topological polar surface area (TPSA) is 52.0 Å². The van der Waals surface area contributed by atoms with Crippen molar-refractivity contribution in [3.05, 3.63) is 12.4 Å². The lowest BCUT2D eigenvalue weighted by Gasteiger charge is -2.43. The maximum absolute atomic E-state index is 5.69. The fraction of sp³-hybridized carbons (Fsp3) is 0.882. The fourth-order valence-electron chi connectivity index (χ4n) is 4.86. The van der Waals surface area contributed by atoms with Gasteiger partial charge in [-0.15, -0.1) is 5.10 Å². The van der Waals surface area contributed by atoms with Gasteiger partial charge in [0, 0.05) is 12.2 Å². The molecule has 122 valence electrons. The van der Waals surface area contributed by atoms with Crippen molar-refractivity contribution < 1.29 is 4.74 Å². The molecule has 3 aliphatic rings. The van der Waals surface area contributed by atoms with E-state index in [1.54, 1.807) is 6.20 Å². The van der Waals surface area contributed by atoms with E-state index in [1.165, 1.54) is 57.8 Å². The van der Waals surface area contributed by atoms with Crippen molar-refractivity contribution in [2.45, 2.75) is 75.9 Å². The van der Waals surface area contributed by atoms with Gasteiger partial charge in [0.15, 0.2) is 0 Å². The molecule has 5 heteroatoms. The molecule has 2 saturated carbocycles. The Balaban J connectivity index is 1.32. The highest BCUT2D eigenvalue weighted by molar-refractivity contribution is 4.94. The average Bonchev–Trinajstić information content (AvgIpc) is 3.22. The molecule has 1 aromatic heterocycles. The summed E-state index contributed by atoms with van der Waals surface area (Å²) in [5.74, 6) is 0. The summed E-state index contributed by atoms with van der Waals surface area (Å²) in [6.45, 7) is 1.55. The summed E-state index contributed by atoms with van der Waals surface area (Å²) in [5.41, 5.74) is 0.702. The van der Waals surface area contributed by atoms with Gasteiger partial charge in [-0.2, -0.15) is 0 Å². The van der Waals surface area contributed by atoms with E-state index in [9.17, 15) is 0 Å². The van der Waals surface area contributed by atoms with Crippen LogP contribution in [0.5, 0.6) is 0 Å². The second-order valence-corrected chi connectivity index (χ2v) is 7.60. The second-order valence-electron chi connectivity index (χ2n) is 7.60. The molecule has 4 rings (SSSR count). The molecule has 1 saturated heterocycles. The summed E-state index contributed by atoms with van der Waals surface area (Å²) in [5, 5.41) is 12.0. The first-order chi connectivity index (χ1) is 10.8. The molecule has 1 N–H and O–H groups in total. The zero-order chi connectivity index (χ0) is 14.8. The van der Waals surface area contributed by atoms with Crippen molar-refractivity contribution in [1.82, 2.24) is 20.3 Å². The van der Waals surface area contributed by atoms with Crippen LogP contribution in [0.1, 0.15) is 63.8 Å². The summed E-state index contributed by atoms with van der Waals surface area (Å²) in [6, 6.07) is 1.34. The maximum atomic E-state index is 5.69. The summed E-state index contributed by atoms with van der Waals surface area (Å²) in [4.78, 5) is 0. The van der Waals surface area contributed by atoms with Crippen LogP contribution in [0.2, 0.25) is 0 Å². The van der Waals surface area contributed by atoms with E-state index in [0.29, 0.717) is 23.5 Å². The second kappa shape index (κ2) is 6.28. The quantitative estimate of drug-likeness (QED) is 0.933. The highest BCUT2D eigenvalue weighted by Crippen LogP contribution is 2.47. The lowest BCUT2D eigenvalue weighted by Crippen LogP contribution is -2.46. The van der Waals surface area contributed by atoms with Crippen molar-refractivity contribution >= 4 is 0 Å². The van der Waals surface area contributed by atoms with Crippen molar-refractivity contribution in [3.8, 4) is 0 Å². The van der Waals surface area contributed by atoms with Gasteiger partial charge in [-0.3, -0.25) is 0 Å². The van der Waals surface area contributed by atoms with Gasteiger partial charge >= 0.3 is 0 Å². The molecule has 1 spiro atoms. The Morgan fingerprint density at radius 2 is 1.86 bits per heavy atom. The van der Waals surface area contributed by atoms with Crippen LogP contribution in [-0.2, 0) is 4.74 Å². The number of hydrogen-bond acceptors (Lipinski definition) is 4. The number of nitrogens with one attached hydrogen (secondary N) is 1. The first-order valence-corrected chi connectivity index (χ1v) is 9.04. The molecule has 0 amide bonds. The molecular formula is C17H28N4O. The van der Waals surface area contributed by atoms with Gasteiger partial charge in [-0.1, -0.05) is 24.5 Å². The molecule has 2 heterocycles. The molecule has 0 radical (unpaired) electrons. The molecule has 22 heavy (non-hydrogen) atoms. The third-order valence-electron chi connectivity index (χ3n) is 6.24. The number of hydrogen-bond donors (Lipinski definition) is 1. The predicted molar refractivity (Wildman–Crippen MR) is 84.6 cm³/mol. The molecule has 5 nitrogen and oxygen atoms in total. The van der Waals surface area contributed by atoms with Crippen LogP contribution in [0, 0.1) is 5.41 Å². The third-order valence-corrected chi connectivity index (χ3v) is 6.24. The minimum Gasteiger partial charge on any atom is -0.377 e. The zero-order valence-electron chi connectivity index (χ0n) is 13.4. The highest BCUT2D eigenvalue weighted by Gasteiger charge is 2.38. The molecule has 0 bridgehead atoms. The van der Waals surface area contributed by atoms with E-state index in [1.807, 2.05) is 10.9 Å². The number of ether oxygens (including phenoxy) is 1. The Hall–Kier alpha value is -0.940. The Morgan fingerprint density at radius 1 is 1.05 bits per heavy atom. The lowest BCUT2D eigenvalue weighted by atomic mass is 9.64. The molecule has 2 aliphatic carbocycles. The van der Waals surface area contributed by atoms with Crippen molar-refractivity contribution in [2.75, 3.05) is 13.2 Å². The Kier molecular flexibility index (Phi) is 4.18. The van der Waals surface area contributed by atoms with E-state index >= 15 is 0 Å². The minimum absolute atomic E-state index is 0.299. The van der Waals surface area contributed by atoms with Crippen LogP contribution in [0.25, 0.3) is 0 Å². The third kappa shape index (κ3) is 2.93. The van der Waals surface area contributed by atoms with Crippen LogP contribution in [0.3, 0.4) is 0 Å². The highest BCUT2D eigenvalue weighted by atomic mass is 16.5. The van der Waals surface area contributed by atoms with E-state index in [0.717, 1.165) is 13.2 Å². The molecule has 0 unspecified atom stereocenters. The van der Waals surface area contributed by atoms with Gasteiger partial charge in [0.05, 0.1) is 31.5 Å². The van der Waals surface area contributed by atoms with Crippen LogP contribution < -0.4 is 5.32 Å². The molecule has 0 aromatic carbocycles. The standard InChI is InChI=1S/C17H28N4O/c1-2-6-17(7-3-1)8-4-14(5-9-17)19-15-12-22-13-16(15)21-11-10-18-20-21/h10-11,14-16,19H,1-9,12-13H2/t15-,16+/m0/s1. The number of aromatic nitrogens is 3. The van der Waals surface area contributed by atoms with Crippen molar-refractivity contribution in [2.24, 2.45) is 5.41 Å². The molecule has 1 aromatic rings. The summed E-state index contributed by atoms with van der Waals surface area (Å²) in [7, 11) is 0. The Bertz CT molecular complexity index is 459. The molecule has 3 fully saturated rings. The summed E-state index contributed by atoms with van der Waals surface area (Å²) in [6.07, 6.45) is 16.6. The van der Waals surface area contributed by atoms with Gasteiger partial charge in [-0.05, 0) is 43.9 Å². The summed E-state index contributed by atoms with van der Waals surface area (Å²) >= 11 is 0.